The lowest BCUT2D eigenvalue weighted by atomic mass is 9.97. The third-order valence-electron chi connectivity index (χ3n) is 3.16. The van der Waals surface area contributed by atoms with Crippen molar-refractivity contribution in [3.05, 3.63) is 18.2 Å². The fourth-order valence-corrected chi connectivity index (χ4v) is 2.17. The van der Waals surface area contributed by atoms with Crippen molar-refractivity contribution in [2.24, 2.45) is 0 Å². The summed E-state index contributed by atoms with van der Waals surface area (Å²) in [5.74, 6) is 1.15. The van der Waals surface area contributed by atoms with Crippen LogP contribution in [0.25, 0.3) is 0 Å². The number of nitriles is 1. The van der Waals surface area contributed by atoms with Crippen LogP contribution < -0.4 is 5.32 Å². The van der Waals surface area contributed by atoms with Gasteiger partial charge in [-0.1, -0.05) is 13.8 Å². The zero-order chi connectivity index (χ0) is 13.4. The van der Waals surface area contributed by atoms with Crippen molar-refractivity contribution >= 4 is 0 Å². The molecule has 0 saturated carbocycles. The molecular weight excluding hydrogens is 224 g/mol. The van der Waals surface area contributed by atoms with E-state index in [0.717, 1.165) is 44.6 Å². The fourth-order valence-electron chi connectivity index (χ4n) is 2.17. The summed E-state index contributed by atoms with van der Waals surface area (Å²) in [6.07, 6.45) is 7.88. The Morgan fingerprint density at radius 1 is 1.50 bits per heavy atom. The smallest absolute Gasteiger partial charge is 0.108 e. The molecule has 0 fully saturated rings. The van der Waals surface area contributed by atoms with Crippen molar-refractivity contribution in [2.45, 2.75) is 58.5 Å². The standard InChI is InChI=1S/C14H24N4/c1-4-7-13-16-9-11-18(13)10-6-8-14(3,12-15)17-5-2/h9,11,17H,4-8,10H2,1-3H3. The van der Waals surface area contributed by atoms with Gasteiger partial charge in [0.25, 0.3) is 0 Å². The van der Waals surface area contributed by atoms with Gasteiger partial charge in [-0.05, 0) is 32.7 Å². The van der Waals surface area contributed by atoms with Gasteiger partial charge in [-0.15, -0.1) is 0 Å². The number of hydrogen-bond acceptors (Lipinski definition) is 3. The molecule has 1 rings (SSSR count). The highest BCUT2D eigenvalue weighted by molar-refractivity contribution is 5.03. The van der Waals surface area contributed by atoms with E-state index < -0.39 is 5.54 Å². The van der Waals surface area contributed by atoms with Gasteiger partial charge >= 0.3 is 0 Å². The van der Waals surface area contributed by atoms with E-state index in [2.05, 4.69) is 27.9 Å². The van der Waals surface area contributed by atoms with E-state index in [0.29, 0.717) is 0 Å². The first kappa shape index (κ1) is 14.7. The number of hydrogen-bond donors (Lipinski definition) is 1. The highest BCUT2D eigenvalue weighted by atomic mass is 15.1. The van der Waals surface area contributed by atoms with Crippen LogP contribution in [0.2, 0.25) is 0 Å². The SMILES string of the molecule is CCCc1nccn1CCCC(C)(C#N)NCC. The maximum Gasteiger partial charge on any atom is 0.108 e. The molecule has 1 unspecified atom stereocenters. The van der Waals surface area contributed by atoms with Gasteiger partial charge in [0.15, 0.2) is 0 Å². The molecule has 1 atom stereocenters. The minimum atomic E-state index is -0.403. The van der Waals surface area contributed by atoms with Crippen LogP contribution >= 0.6 is 0 Å². The summed E-state index contributed by atoms with van der Waals surface area (Å²) in [6, 6.07) is 2.36. The Hall–Kier alpha value is -1.34. The summed E-state index contributed by atoms with van der Waals surface area (Å²) in [5, 5.41) is 12.4. The van der Waals surface area contributed by atoms with Crippen molar-refractivity contribution in [2.75, 3.05) is 6.54 Å². The normalized spacial score (nSPS) is 14.1. The molecule has 0 bridgehead atoms. The number of aryl methyl sites for hydroxylation is 2. The van der Waals surface area contributed by atoms with Gasteiger partial charge in [0, 0.05) is 25.4 Å². The highest BCUT2D eigenvalue weighted by Gasteiger charge is 2.21. The molecule has 0 aliphatic heterocycles. The van der Waals surface area contributed by atoms with Crippen molar-refractivity contribution in [1.82, 2.24) is 14.9 Å². The summed E-state index contributed by atoms with van der Waals surface area (Å²) in [7, 11) is 0. The lowest BCUT2D eigenvalue weighted by molar-refractivity contribution is 0.401. The van der Waals surface area contributed by atoms with E-state index in [1.165, 1.54) is 0 Å². The van der Waals surface area contributed by atoms with Gasteiger partial charge in [-0.3, -0.25) is 5.32 Å². The maximum atomic E-state index is 9.18. The number of nitrogens with one attached hydrogen (secondary N) is 1. The van der Waals surface area contributed by atoms with E-state index in [9.17, 15) is 5.26 Å². The Morgan fingerprint density at radius 2 is 2.28 bits per heavy atom. The van der Waals surface area contributed by atoms with Crippen LogP contribution in [0.4, 0.5) is 0 Å². The zero-order valence-electron chi connectivity index (χ0n) is 11.7. The quantitative estimate of drug-likeness (QED) is 0.769. The molecule has 0 spiro atoms. The van der Waals surface area contributed by atoms with Crippen molar-refractivity contribution in [1.29, 1.82) is 5.26 Å². The van der Waals surface area contributed by atoms with Crippen molar-refractivity contribution in [3.8, 4) is 6.07 Å². The van der Waals surface area contributed by atoms with Crippen LogP contribution in [0.5, 0.6) is 0 Å². The average molecular weight is 248 g/mol. The monoisotopic (exact) mass is 248 g/mol. The molecule has 1 aromatic rings. The van der Waals surface area contributed by atoms with Crippen LogP contribution in [-0.4, -0.2) is 21.6 Å². The summed E-state index contributed by atoms with van der Waals surface area (Å²) in [4.78, 5) is 4.36. The zero-order valence-corrected chi connectivity index (χ0v) is 11.7. The molecule has 4 heteroatoms. The predicted octanol–water partition coefficient (Wildman–Crippen LogP) is 2.51. The van der Waals surface area contributed by atoms with Gasteiger partial charge in [-0.2, -0.15) is 5.26 Å². The second kappa shape index (κ2) is 7.17. The van der Waals surface area contributed by atoms with E-state index >= 15 is 0 Å². The number of aromatic nitrogens is 2. The van der Waals surface area contributed by atoms with Crippen LogP contribution in [0.3, 0.4) is 0 Å². The molecule has 0 aromatic carbocycles. The summed E-state index contributed by atoms with van der Waals surface area (Å²) >= 11 is 0. The lowest BCUT2D eigenvalue weighted by Gasteiger charge is -2.22. The van der Waals surface area contributed by atoms with Crippen LogP contribution in [-0.2, 0) is 13.0 Å². The molecule has 0 saturated heterocycles. The summed E-state index contributed by atoms with van der Waals surface area (Å²) in [6.45, 7) is 7.94. The Balaban J connectivity index is 2.46. The Kier molecular flexibility index (Phi) is 5.87. The van der Waals surface area contributed by atoms with E-state index in [1.54, 1.807) is 0 Å². The van der Waals surface area contributed by atoms with E-state index in [4.69, 9.17) is 0 Å². The number of imidazole rings is 1. The molecule has 0 aliphatic carbocycles. The minimum absolute atomic E-state index is 0.403. The molecule has 0 amide bonds. The molecule has 0 radical (unpaired) electrons. The molecule has 4 nitrogen and oxygen atoms in total. The molecule has 0 aliphatic rings. The Bertz CT molecular complexity index is 391. The average Bonchev–Trinajstić information content (AvgIpc) is 2.78. The van der Waals surface area contributed by atoms with E-state index in [1.807, 2.05) is 26.2 Å². The van der Waals surface area contributed by atoms with Crippen LogP contribution in [0, 0.1) is 11.3 Å². The molecule has 1 aromatic heterocycles. The first-order chi connectivity index (χ1) is 8.65. The Morgan fingerprint density at radius 3 is 2.89 bits per heavy atom. The van der Waals surface area contributed by atoms with E-state index in [-0.39, 0.29) is 0 Å². The topological polar surface area (TPSA) is 53.6 Å². The summed E-state index contributed by atoms with van der Waals surface area (Å²) < 4.78 is 2.20. The van der Waals surface area contributed by atoms with Crippen molar-refractivity contribution < 1.29 is 0 Å². The molecule has 18 heavy (non-hydrogen) atoms. The summed E-state index contributed by atoms with van der Waals surface area (Å²) in [5.41, 5.74) is -0.403. The number of rotatable bonds is 8. The first-order valence-electron chi connectivity index (χ1n) is 6.81. The molecule has 100 valence electrons. The van der Waals surface area contributed by atoms with Gasteiger partial charge in [0.05, 0.1) is 6.07 Å². The second-order valence-corrected chi connectivity index (χ2v) is 4.86. The number of nitrogens with zero attached hydrogens (tertiary/aromatic N) is 3. The maximum absolute atomic E-state index is 9.18. The third-order valence-corrected chi connectivity index (χ3v) is 3.16. The largest absolute Gasteiger partial charge is 0.335 e. The Labute approximate surface area is 110 Å². The van der Waals surface area contributed by atoms with Crippen LogP contribution in [0.15, 0.2) is 12.4 Å². The van der Waals surface area contributed by atoms with Crippen molar-refractivity contribution in [3.63, 3.8) is 0 Å². The molecule has 1 N–H and O–H groups in total. The predicted molar refractivity (Wildman–Crippen MR) is 73.2 cm³/mol. The highest BCUT2D eigenvalue weighted by Crippen LogP contribution is 2.13. The van der Waals surface area contributed by atoms with Gasteiger partial charge < -0.3 is 4.57 Å². The molecular formula is C14H24N4. The first-order valence-corrected chi connectivity index (χ1v) is 6.81. The van der Waals surface area contributed by atoms with Gasteiger partial charge in [0.2, 0.25) is 0 Å². The fraction of sp³-hybridized carbons (Fsp3) is 0.714. The molecule has 1 heterocycles. The van der Waals surface area contributed by atoms with Crippen LogP contribution in [0.1, 0.15) is 45.9 Å². The van der Waals surface area contributed by atoms with Gasteiger partial charge in [0.1, 0.15) is 11.4 Å². The minimum Gasteiger partial charge on any atom is -0.335 e. The third kappa shape index (κ3) is 4.15. The second-order valence-electron chi connectivity index (χ2n) is 4.86. The lowest BCUT2D eigenvalue weighted by Crippen LogP contribution is -2.40. The van der Waals surface area contributed by atoms with Gasteiger partial charge in [-0.25, -0.2) is 4.98 Å².